The van der Waals surface area contributed by atoms with Crippen molar-refractivity contribution in [3.63, 3.8) is 0 Å². The number of rotatable bonds is 15. The Morgan fingerprint density at radius 3 is 2.38 bits per heavy atom. The van der Waals surface area contributed by atoms with E-state index in [1.165, 1.54) is 21.9 Å². The highest BCUT2D eigenvalue weighted by atomic mass is 19.1. The van der Waals surface area contributed by atoms with E-state index in [9.17, 15) is 18.8 Å². The van der Waals surface area contributed by atoms with Gasteiger partial charge in [0, 0.05) is 45.6 Å². The largest absolute Gasteiger partial charge is 0.370 e. The number of likely N-dealkylation sites (N-methyl/N-ethyl adjacent to an activating group) is 2. The van der Waals surface area contributed by atoms with E-state index in [1.54, 1.807) is 26.2 Å². The Balaban J connectivity index is 1.35. The second kappa shape index (κ2) is 17.0. The first-order valence-corrected chi connectivity index (χ1v) is 17.2. The molecule has 4 unspecified atom stereocenters. The molecule has 0 aliphatic carbocycles. The lowest BCUT2D eigenvalue weighted by atomic mass is 9.98. The third kappa shape index (κ3) is 9.39. The van der Waals surface area contributed by atoms with E-state index in [-0.39, 0.29) is 49.0 Å². The van der Waals surface area contributed by atoms with Crippen molar-refractivity contribution in [2.45, 2.75) is 69.1 Å². The highest BCUT2D eigenvalue weighted by Gasteiger charge is 2.35. The van der Waals surface area contributed by atoms with E-state index in [1.807, 2.05) is 42.5 Å². The molecule has 2 aliphatic rings. The minimum absolute atomic E-state index is 0.144. The molecule has 5 rings (SSSR count). The van der Waals surface area contributed by atoms with Crippen molar-refractivity contribution in [3.8, 4) is 0 Å². The van der Waals surface area contributed by atoms with Gasteiger partial charge in [0.15, 0.2) is 0 Å². The molecule has 2 heterocycles. The van der Waals surface area contributed by atoms with E-state index < -0.39 is 12.1 Å². The molecule has 48 heavy (non-hydrogen) atoms. The molecule has 10 heteroatoms. The number of ether oxygens (including phenoxy) is 1. The van der Waals surface area contributed by atoms with Crippen molar-refractivity contribution >= 4 is 28.5 Å². The maximum Gasteiger partial charge on any atom is 0.249 e. The van der Waals surface area contributed by atoms with Crippen LogP contribution in [0.2, 0.25) is 0 Å². The maximum absolute atomic E-state index is 14.5. The number of hydrogen-bond donors (Lipinski definition) is 2. The van der Waals surface area contributed by atoms with Gasteiger partial charge in [-0.15, -0.1) is 0 Å². The molecule has 4 atom stereocenters. The molecule has 0 aromatic heterocycles. The fraction of sp³-hybridized carbons (Fsp3) is 0.500. The number of benzene rings is 3. The minimum Gasteiger partial charge on any atom is -0.370 e. The summed E-state index contributed by atoms with van der Waals surface area (Å²) in [4.78, 5) is 47.0. The molecule has 0 spiro atoms. The van der Waals surface area contributed by atoms with E-state index in [4.69, 9.17) is 4.74 Å². The zero-order valence-electron chi connectivity index (χ0n) is 28.5. The molecule has 0 radical (unpaired) electrons. The molecule has 2 N–H and O–H groups in total. The van der Waals surface area contributed by atoms with E-state index in [0.717, 1.165) is 67.1 Å². The van der Waals surface area contributed by atoms with Crippen LogP contribution in [0.25, 0.3) is 10.8 Å². The molecule has 2 aliphatic heterocycles. The molecular formula is C38H50FN5O4. The van der Waals surface area contributed by atoms with Gasteiger partial charge in [-0.2, -0.15) is 0 Å². The Morgan fingerprint density at radius 1 is 0.938 bits per heavy atom. The summed E-state index contributed by atoms with van der Waals surface area (Å²) in [6.07, 6.45) is 5.62. The van der Waals surface area contributed by atoms with Gasteiger partial charge in [0.1, 0.15) is 24.5 Å². The van der Waals surface area contributed by atoms with Crippen LogP contribution in [0, 0.1) is 5.82 Å². The number of hydrogen-bond acceptors (Lipinski definition) is 6. The Bertz CT molecular complexity index is 1530. The number of fused-ring (bicyclic) bond motifs is 1. The molecular weight excluding hydrogens is 609 g/mol. The summed E-state index contributed by atoms with van der Waals surface area (Å²) in [5.74, 6) is -1.30. The number of nitrogens with one attached hydrogen (secondary N) is 2. The van der Waals surface area contributed by atoms with Gasteiger partial charge in [0.2, 0.25) is 17.7 Å². The normalized spacial score (nSPS) is 19.2. The van der Waals surface area contributed by atoms with Gasteiger partial charge in [0.05, 0.1) is 6.61 Å². The molecule has 3 aromatic rings. The smallest absolute Gasteiger partial charge is 0.249 e. The lowest BCUT2D eigenvalue weighted by Crippen LogP contribution is -2.56. The van der Waals surface area contributed by atoms with Gasteiger partial charge in [-0.3, -0.25) is 14.4 Å². The Hall–Kier alpha value is -3.86. The van der Waals surface area contributed by atoms with Crippen LogP contribution in [0.1, 0.15) is 43.2 Å². The summed E-state index contributed by atoms with van der Waals surface area (Å²) < 4.78 is 19.6. The number of nitrogens with zero attached hydrogens (tertiary/aromatic N) is 3. The molecule has 0 saturated carbocycles. The lowest BCUT2D eigenvalue weighted by Gasteiger charge is -2.35. The van der Waals surface area contributed by atoms with Crippen LogP contribution in [0.15, 0.2) is 66.7 Å². The van der Waals surface area contributed by atoms with E-state index >= 15 is 0 Å². The van der Waals surface area contributed by atoms with Crippen molar-refractivity contribution in [1.82, 2.24) is 25.3 Å². The van der Waals surface area contributed by atoms with Crippen molar-refractivity contribution in [2.24, 2.45) is 0 Å². The Morgan fingerprint density at radius 2 is 1.67 bits per heavy atom. The zero-order valence-corrected chi connectivity index (χ0v) is 28.5. The van der Waals surface area contributed by atoms with Crippen LogP contribution in [-0.4, -0.2) is 111 Å². The van der Waals surface area contributed by atoms with Gasteiger partial charge < -0.3 is 30.1 Å². The van der Waals surface area contributed by atoms with Crippen LogP contribution < -0.4 is 10.6 Å². The number of likely N-dealkylation sites (tertiary alicyclic amines) is 1. The SMILES string of the molecule is CN1CCCC1CCNC(=O)C(Cc1ccc(F)cc1)N(C)C(=O)C(Cc1ccc2ccccc2c1)N(C)C(=O)COCC1CCCN1. The predicted octanol–water partition coefficient (Wildman–Crippen LogP) is 3.79. The average molecular weight is 660 g/mol. The highest BCUT2D eigenvalue weighted by Crippen LogP contribution is 2.21. The van der Waals surface area contributed by atoms with Crippen LogP contribution in [0.4, 0.5) is 4.39 Å². The molecule has 2 fully saturated rings. The standard InChI is InChI=1S/C38H50FN5O4/c1-42-21-7-11-33(42)18-20-41-37(46)34(23-27-13-16-31(39)17-14-27)44(3)38(47)35(24-28-12-15-29-8-4-5-9-30(29)22-28)43(2)36(45)26-48-25-32-10-6-19-40-32/h4-5,8-9,12-17,22,32-35,40H,6-7,10-11,18-21,23-26H2,1-3H3,(H,41,46). The second-order valence-corrected chi connectivity index (χ2v) is 13.4. The van der Waals surface area contributed by atoms with Crippen molar-refractivity contribution in [2.75, 3.05) is 54.0 Å². The molecule has 9 nitrogen and oxygen atoms in total. The third-order valence-electron chi connectivity index (χ3n) is 10.0. The fourth-order valence-electron chi connectivity index (χ4n) is 6.90. The predicted molar refractivity (Wildman–Crippen MR) is 186 cm³/mol. The molecule has 3 aromatic carbocycles. The van der Waals surface area contributed by atoms with Gasteiger partial charge in [-0.1, -0.05) is 54.6 Å². The first-order valence-electron chi connectivity index (χ1n) is 17.2. The van der Waals surface area contributed by atoms with Gasteiger partial charge >= 0.3 is 0 Å². The van der Waals surface area contributed by atoms with Crippen LogP contribution >= 0.6 is 0 Å². The molecule has 0 bridgehead atoms. The Kier molecular flexibility index (Phi) is 12.6. The van der Waals surface area contributed by atoms with Crippen molar-refractivity contribution in [3.05, 3.63) is 83.7 Å². The fourth-order valence-corrected chi connectivity index (χ4v) is 6.90. The number of carbonyl (C=O) groups is 3. The third-order valence-corrected chi connectivity index (χ3v) is 10.0. The Labute approximate surface area is 283 Å². The summed E-state index contributed by atoms with van der Waals surface area (Å²) >= 11 is 0. The molecule has 258 valence electrons. The average Bonchev–Trinajstić information content (AvgIpc) is 3.77. The zero-order chi connectivity index (χ0) is 34.0. The molecule has 3 amide bonds. The van der Waals surface area contributed by atoms with Crippen LogP contribution in [-0.2, 0) is 32.0 Å². The van der Waals surface area contributed by atoms with Gasteiger partial charge in [-0.05, 0) is 86.3 Å². The first kappa shape index (κ1) is 35.4. The summed E-state index contributed by atoms with van der Waals surface area (Å²) in [5.41, 5.74) is 1.63. The summed E-state index contributed by atoms with van der Waals surface area (Å²) in [7, 11) is 5.35. The summed E-state index contributed by atoms with van der Waals surface area (Å²) in [6.45, 7) is 2.77. The quantitative estimate of drug-likeness (QED) is 0.258. The summed E-state index contributed by atoms with van der Waals surface area (Å²) in [5, 5.41) is 8.56. The van der Waals surface area contributed by atoms with Gasteiger partial charge in [-0.25, -0.2) is 4.39 Å². The van der Waals surface area contributed by atoms with E-state index in [0.29, 0.717) is 19.2 Å². The van der Waals surface area contributed by atoms with Crippen molar-refractivity contribution < 1.29 is 23.5 Å². The van der Waals surface area contributed by atoms with Crippen LogP contribution in [0.3, 0.4) is 0 Å². The second-order valence-electron chi connectivity index (χ2n) is 13.4. The van der Waals surface area contributed by atoms with Crippen LogP contribution in [0.5, 0.6) is 0 Å². The summed E-state index contributed by atoms with van der Waals surface area (Å²) in [6, 6.07) is 18.9. The monoisotopic (exact) mass is 659 g/mol. The lowest BCUT2D eigenvalue weighted by molar-refractivity contribution is -0.149. The van der Waals surface area contributed by atoms with Crippen molar-refractivity contribution in [1.29, 1.82) is 0 Å². The first-order chi connectivity index (χ1) is 23.2. The van der Waals surface area contributed by atoms with Gasteiger partial charge in [0.25, 0.3) is 0 Å². The number of carbonyl (C=O) groups excluding carboxylic acids is 3. The maximum atomic E-state index is 14.5. The number of amides is 3. The minimum atomic E-state index is -0.882. The topological polar surface area (TPSA) is 94.2 Å². The highest BCUT2D eigenvalue weighted by molar-refractivity contribution is 5.92. The molecule has 2 saturated heterocycles. The number of halogens is 1. The van der Waals surface area contributed by atoms with E-state index in [2.05, 4.69) is 22.6 Å².